The van der Waals surface area contributed by atoms with Gasteiger partial charge in [0, 0.05) is 32.2 Å². The zero-order chi connectivity index (χ0) is 17.8. The zero-order valence-electron chi connectivity index (χ0n) is 14.7. The predicted octanol–water partition coefficient (Wildman–Crippen LogP) is 2.99. The Morgan fingerprint density at radius 3 is 2.60 bits per heavy atom. The van der Waals surface area contributed by atoms with Gasteiger partial charge in [0.05, 0.1) is 6.20 Å². The van der Waals surface area contributed by atoms with Crippen LogP contribution in [0.4, 0.5) is 0 Å². The molecule has 0 aliphatic carbocycles. The molecule has 0 N–H and O–H groups in total. The van der Waals surface area contributed by atoms with Gasteiger partial charge in [-0.3, -0.25) is 4.68 Å². The minimum absolute atomic E-state index is 0.369. The number of aryl methyl sites for hydroxylation is 3. The van der Waals surface area contributed by atoms with Crippen molar-refractivity contribution in [3.63, 3.8) is 0 Å². The summed E-state index contributed by atoms with van der Waals surface area (Å²) in [5, 5.41) is 4.11. The molecule has 25 heavy (non-hydrogen) atoms. The molecular formula is C19H22N4O2. The van der Waals surface area contributed by atoms with E-state index >= 15 is 0 Å². The van der Waals surface area contributed by atoms with Crippen LogP contribution in [0.2, 0.25) is 0 Å². The van der Waals surface area contributed by atoms with Crippen molar-refractivity contribution in [3.8, 4) is 0 Å². The lowest BCUT2D eigenvalue weighted by atomic mass is 10.1. The fraction of sp³-hybridized carbons (Fsp3) is 0.316. The maximum absolute atomic E-state index is 12.6. The number of imidazole rings is 1. The van der Waals surface area contributed by atoms with Crippen molar-refractivity contribution in [1.29, 1.82) is 0 Å². The average molecular weight is 338 g/mol. The van der Waals surface area contributed by atoms with Gasteiger partial charge in [-0.25, -0.2) is 9.78 Å². The Morgan fingerprint density at radius 2 is 2.00 bits per heavy atom. The molecule has 0 fully saturated rings. The smallest absolute Gasteiger partial charge is 0.342 e. The number of nitrogens with zero attached hydrogens (tertiary/aromatic N) is 4. The third-order valence-electron chi connectivity index (χ3n) is 4.39. The number of benzene rings is 1. The normalized spacial score (nSPS) is 12.1. The van der Waals surface area contributed by atoms with Crippen LogP contribution in [0, 0.1) is 6.92 Å². The second-order valence-electron chi connectivity index (χ2n) is 6.08. The largest absolute Gasteiger partial charge is 0.451 e. The topological polar surface area (TPSA) is 61.9 Å². The van der Waals surface area contributed by atoms with Crippen LogP contribution in [0.25, 0.3) is 0 Å². The summed E-state index contributed by atoms with van der Waals surface area (Å²) < 4.78 is 9.35. The highest BCUT2D eigenvalue weighted by Crippen LogP contribution is 2.24. The van der Waals surface area contributed by atoms with E-state index in [0.717, 1.165) is 17.9 Å². The highest BCUT2D eigenvalue weighted by atomic mass is 16.5. The van der Waals surface area contributed by atoms with Gasteiger partial charge in [0.25, 0.3) is 0 Å². The lowest BCUT2D eigenvalue weighted by Crippen LogP contribution is -2.16. The minimum atomic E-state index is -0.410. The molecule has 0 spiro atoms. The molecule has 6 nitrogen and oxygen atoms in total. The fourth-order valence-electron chi connectivity index (χ4n) is 2.76. The molecule has 1 atom stereocenters. The molecule has 2 heterocycles. The molecular weight excluding hydrogens is 316 g/mol. The van der Waals surface area contributed by atoms with Crippen molar-refractivity contribution in [2.45, 2.75) is 25.9 Å². The number of carbonyl (C=O) groups excluding carboxylic acids is 1. The number of hydrogen-bond donors (Lipinski definition) is 0. The van der Waals surface area contributed by atoms with E-state index in [9.17, 15) is 4.79 Å². The van der Waals surface area contributed by atoms with Crippen molar-refractivity contribution < 1.29 is 9.53 Å². The van der Waals surface area contributed by atoms with E-state index in [4.69, 9.17) is 4.74 Å². The molecule has 3 rings (SSSR count). The lowest BCUT2D eigenvalue weighted by molar-refractivity contribution is 0.0248. The number of ether oxygens (including phenoxy) is 1. The Labute approximate surface area is 147 Å². The first-order valence-corrected chi connectivity index (χ1v) is 8.27. The Hall–Kier alpha value is -2.89. The highest BCUT2D eigenvalue weighted by molar-refractivity contribution is 5.90. The van der Waals surface area contributed by atoms with Gasteiger partial charge >= 0.3 is 5.97 Å². The van der Waals surface area contributed by atoms with Crippen LogP contribution >= 0.6 is 0 Å². The summed E-state index contributed by atoms with van der Waals surface area (Å²) in [6.07, 6.45) is 6.18. The summed E-state index contributed by atoms with van der Waals surface area (Å²) in [6.45, 7) is 1.85. The molecule has 0 radical (unpaired) electrons. The zero-order valence-corrected chi connectivity index (χ0v) is 14.7. The third kappa shape index (κ3) is 3.79. The number of hydrogen-bond acceptors (Lipinski definition) is 4. The van der Waals surface area contributed by atoms with E-state index in [0.29, 0.717) is 12.0 Å². The highest BCUT2D eigenvalue weighted by Gasteiger charge is 2.23. The molecule has 0 aliphatic heterocycles. The lowest BCUT2D eigenvalue weighted by Gasteiger charge is -2.18. The quantitative estimate of drug-likeness (QED) is 0.648. The van der Waals surface area contributed by atoms with Gasteiger partial charge < -0.3 is 9.30 Å². The van der Waals surface area contributed by atoms with Crippen LogP contribution in [0.1, 0.15) is 40.0 Å². The van der Waals surface area contributed by atoms with Crippen LogP contribution in [0.15, 0.2) is 48.9 Å². The van der Waals surface area contributed by atoms with Crippen LogP contribution < -0.4 is 0 Å². The monoisotopic (exact) mass is 338 g/mol. The number of rotatable bonds is 6. The summed E-state index contributed by atoms with van der Waals surface area (Å²) >= 11 is 0. The number of aromatic nitrogens is 4. The predicted molar refractivity (Wildman–Crippen MR) is 94.1 cm³/mol. The summed E-state index contributed by atoms with van der Waals surface area (Å²) in [5.41, 5.74) is 2.48. The first kappa shape index (κ1) is 17.0. The van der Waals surface area contributed by atoms with E-state index in [1.807, 2.05) is 42.9 Å². The van der Waals surface area contributed by atoms with E-state index in [-0.39, 0.29) is 5.97 Å². The van der Waals surface area contributed by atoms with Gasteiger partial charge in [0.1, 0.15) is 11.4 Å². The van der Waals surface area contributed by atoms with Crippen molar-refractivity contribution in [1.82, 2.24) is 19.3 Å². The summed E-state index contributed by atoms with van der Waals surface area (Å²) in [5.74, 6) is 0.373. The molecule has 0 saturated carbocycles. The molecule has 130 valence electrons. The van der Waals surface area contributed by atoms with Crippen LogP contribution in [-0.2, 0) is 25.3 Å². The first-order valence-electron chi connectivity index (χ1n) is 8.27. The summed E-state index contributed by atoms with van der Waals surface area (Å²) in [6, 6.07) is 10.2. The molecule has 0 saturated heterocycles. The average Bonchev–Trinajstić information content (AvgIpc) is 3.18. The van der Waals surface area contributed by atoms with Crippen molar-refractivity contribution >= 4 is 5.97 Å². The van der Waals surface area contributed by atoms with Gasteiger partial charge in [-0.2, -0.15) is 5.10 Å². The molecule has 0 amide bonds. The molecule has 0 aliphatic rings. The summed E-state index contributed by atoms with van der Waals surface area (Å²) in [4.78, 5) is 17.0. The second-order valence-corrected chi connectivity index (χ2v) is 6.08. The van der Waals surface area contributed by atoms with Crippen molar-refractivity contribution in [3.05, 3.63) is 71.6 Å². The Bertz CT molecular complexity index is 851. The van der Waals surface area contributed by atoms with Crippen LogP contribution in [-0.4, -0.2) is 25.3 Å². The maximum Gasteiger partial charge on any atom is 0.342 e. The maximum atomic E-state index is 12.6. The Balaban J connectivity index is 1.78. The van der Waals surface area contributed by atoms with E-state index < -0.39 is 6.10 Å². The standard InChI is InChI=1S/C19H22N4O2/c1-14-16(13-21-23(14)3)19(24)25-17(18-20-11-12-22(18)2)10-9-15-7-5-4-6-8-15/h4-8,11-13,17H,9-10H2,1-3H3. The molecule has 1 unspecified atom stereocenters. The van der Waals surface area contributed by atoms with Gasteiger partial charge in [0.2, 0.25) is 0 Å². The van der Waals surface area contributed by atoms with E-state index in [1.54, 1.807) is 24.1 Å². The summed E-state index contributed by atoms with van der Waals surface area (Å²) in [7, 11) is 3.71. The number of esters is 1. The van der Waals surface area contributed by atoms with Crippen molar-refractivity contribution in [2.75, 3.05) is 0 Å². The van der Waals surface area contributed by atoms with Gasteiger partial charge in [-0.05, 0) is 25.3 Å². The molecule has 0 bridgehead atoms. The third-order valence-corrected chi connectivity index (χ3v) is 4.39. The van der Waals surface area contributed by atoms with Crippen LogP contribution in [0.5, 0.6) is 0 Å². The SMILES string of the molecule is Cc1c(C(=O)OC(CCc2ccccc2)c2nccn2C)cnn1C. The van der Waals surface area contributed by atoms with Gasteiger partial charge in [-0.1, -0.05) is 30.3 Å². The fourth-order valence-corrected chi connectivity index (χ4v) is 2.76. The second kappa shape index (κ2) is 7.34. The van der Waals surface area contributed by atoms with Gasteiger partial charge in [-0.15, -0.1) is 0 Å². The Morgan fingerprint density at radius 1 is 1.24 bits per heavy atom. The van der Waals surface area contributed by atoms with Crippen LogP contribution in [0.3, 0.4) is 0 Å². The Kier molecular flexibility index (Phi) is 4.97. The molecule has 2 aromatic heterocycles. The van der Waals surface area contributed by atoms with E-state index in [1.165, 1.54) is 5.56 Å². The van der Waals surface area contributed by atoms with E-state index in [2.05, 4.69) is 22.2 Å². The molecule has 3 aromatic rings. The molecule has 1 aromatic carbocycles. The first-order chi connectivity index (χ1) is 12.1. The minimum Gasteiger partial charge on any atom is -0.451 e. The molecule has 6 heteroatoms. The van der Waals surface area contributed by atoms with Gasteiger partial charge in [0.15, 0.2) is 6.10 Å². The number of carbonyl (C=O) groups is 1. The van der Waals surface area contributed by atoms with Crippen molar-refractivity contribution in [2.24, 2.45) is 14.1 Å².